The Bertz CT molecular complexity index is 1890. The van der Waals surface area contributed by atoms with E-state index in [0.29, 0.717) is 35.7 Å². The van der Waals surface area contributed by atoms with E-state index in [-0.39, 0.29) is 35.1 Å². The molecule has 0 saturated carbocycles. The molecule has 1 saturated heterocycles. The average Bonchev–Trinajstić information content (AvgIpc) is 3.59. The Morgan fingerprint density at radius 1 is 0.960 bits per heavy atom. The van der Waals surface area contributed by atoms with Crippen LogP contribution in [0.15, 0.2) is 73.1 Å². The van der Waals surface area contributed by atoms with Crippen LogP contribution in [-0.2, 0) is 30.3 Å². The molecule has 1 aromatic heterocycles. The number of tetrazole rings is 1. The number of amides is 4. The Morgan fingerprint density at radius 3 is 2.40 bits per heavy atom. The van der Waals surface area contributed by atoms with Gasteiger partial charge >= 0.3 is 17.8 Å². The minimum Gasteiger partial charge on any atom is -0.456 e. The van der Waals surface area contributed by atoms with E-state index in [2.05, 4.69) is 31.5 Å². The third kappa shape index (κ3) is 9.27. The highest BCUT2D eigenvalue weighted by Gasteiger charge is 2.28. The first-order chi connectivity index (χ1) is 23.8. The number of aromatic nitrogens is 4. The van der Waals surface area contributed by atoms with Crippen LogP contribution >= 0.6 is 11.6 Å². The van der Waals surface area contributed by atoms with E-state index >= 15 is 0 Å². The van der Waals surface area contributed by atoms with Crippen molar-refractivity contribution in [2.24, 2.45) is 0 Å². The van der Waals surface area contributed by atoms with E-state index in [1.807, 2.05) is 11.9 Å². The van der Waals surface area contributed by atoms with Crippen molar-refractivity contribution in [3.63, 3.8) is 0 Å². The summed E-state index contributed by atoms with van der Waals surface area (Å²) in [4.78, 5) is 69.0. The summed E-state index contributed by atoms with van der Waals surface area (Å²) in [6, 6.07) is 16.5. The average molecular weight is 702 g/mol. The van der Waals surface area contributed by atoms with Crippen LogP contribution in [-0.4, -0.2) is 93.0 Å². The molecule has 0 radical (unpaired) electrons. The van der Waals surface area contributed by atoms with Crippen LogP contribution < -0.4 is 20.9 Å². The van der Waals surface area contributed by atoms with Gasteiger partial charge in [-0.25, -0.2) is 4.79 Å². The molecule has 0 aliphatic carbocycles. The Kier molecular flexibility index (Phi) is 10.9. The highest BCUT2D eigenvalue weighted by molar-refractivity contribution is 6.40. The number of piperazine rings is 1. The minimum absolute atomic E-state index is 0.0241. The van der Waals surface area contributed by atoms with Gasteiger partial charge in [0, 0.05) is 35.9 Å². The topological polar surface area (TPSA) is 181 Å². The molecule has 4 amide bonds. The van der Waals surface area contributed by atoms with Gasteiger partial charge in [0.05, 0.1) is 23.5 Å². The van der Waals surface area contributed by atoms with Crippen LogP contribution in [0.4, 0.5) is 17.1 Å². The van der Waals surface area contributed by atoms with E-state index in [1.165, 1.54) is 41.3 Å². The fourth-order valence-electron chi connectivity index (χ4n) is 5.10. The Balaban J connectivity index is 1.36. The van der Waals surface area contributed by atoms with Gasteiger partial charge in [-0.3, -0.25) is 24.1 Å². The molecule has 3 aromatic carbocycles. The molecule has 2 heterocycles. The molecular formula is C34H36ClN9O6. The highest BCUT2D eigenvalue weighted by Crippen LogP contribution is 2.24. The maximum atomic E-state index is 13.7. The summed E-state index contributed by atoms with van der Waals surface area (Å²) in [5, 5.41) is 19.1. The molecule has 5 rings (SSSR count). The summed E-state index contributed by atoms with van der Waals surface area (Å²) >= 11 is 6.16. The maximum Gasteiger partial charge on any atom is 0.338 e. The molecule has 0 bridgehead atoms. The number of anilines is 3. The molecule has 50 heavy (non-hydrogen) atoms. The number of nitrogens with one attached hydrogen (secondary N) is 3. The lowest BCUT2D eigenvalue weighted by Crippen LogP contribution is -2.49. The van der Waals surface area contributed by atoms with Gasteiger partial charge in [0.15, 0.2) is 0 Å². The second-order valence-electron chi connectivity index (χ2n) is 12.6. The lowest BCUT2D eigenvalue weighted by Gasteiger charge is -2.32. The van der Waals surface area contributed by atoms with Gasteiger partial charge in [-0.05, 0) is 98.4 Å². The highest BCUT2D eigenvalue weighted by atomic mass is 35.5. The van der Waals surface area contributed by atoms with Gasteiger partial charge in [0.25, 0.3) is 0 Å². The van der Waals surface area contributed by atoms with Crippen LogP contribution in [0.5, 0.6) is 0 Å². The van der Waals surface area contributed by atoms with E-state index in [9.17, 15) is 24.0 Å². The number of likely N-dealkylation sites (N-methyl/N-ethyl adjacent to an activating group) is 1. The van der Waals surface area contributed by atoms with E-state index < -0.39 is 35.3 Å². The molecule has 0 spiro atoms. The third-order valence-corrected chi connectivity index (χ3v) is 7.73. The third-order valence-electron chi connectivity index (χ3n) is 7.49. The molecule has 1 fully saturated rings. The fourth-order valence-corrected chi connectivity index (χ4v) is 5.27. The summed E-state index contributed by atoms with van der Waals surface area (Å²) < 4.78 is 6.69. The first-order valence-electron chi connectivity index (χ1n) is 15.6. The van der Waals surface area contributed by atoms with Gasteiger partial charge in [-0.15, -0.1) is 5.10 Å². The van der Waals surface area contributed by atoms with Crippen LogP contribution in [0.2, 0.25) is 5.02 Å². The van der Waals surface area contributed by atoms with Gasteiger partial charge in [-0.1, -0.05) is 23.7 Å². The van der Waals surface area contributed by atoms with E-state index in [0.717, 1.165) is 0 Å². The van der Waals surface area contributed by atoms with Crippen molar-refractivity contribution >= 4 is 58.3 Å². The monoisotopic (exact) mass is 701 g/mol. The fraction of sp³-hybridized carbons (Fsp3) is 0.294. The van der Waals surface area contributed by atoms with E-state index in [1.54, 1.807) is 62.1 Å². The molecule has 3 N–H and O–H groups in total. The second kappa shape index (κ2) is 15.3. The van der Waals surface area contributed by atoms with E-state index in [4.69, 9.17) is 16.3 Å². The van der Waals surface area contributed by atoms with Gasteiger partial charge < -0.3 is 25.6 Å². The summed E-state index contributed by atoms with van der Waals surface area (Å²) in [5.41, 5.74) is 1.73. The van der Waals surface area contributed by atoms with Gasteiger partial charge in [0.2, 0.25) is 11.8 Å². The second-order valence-corrected chi connectivity index (χ2v) is 13.1. The Hall–Kier alpha value is -5.67. The smallest absolute Gasteiger partial charge is 0.338 e. The summed E-state index contributed by atoms with van der Waals surface area (Å²) in [6.07, 6.45) is 1.28. The Labute approximate surface area is 292 Å². The molecule has 0 unspecified atom stereocenters. The largest absolute Gasteiger partial charge is 0.456 e. The normalized spacial score (nSPS) is 14.1. The van der Waals surface area contributed by atoms with Crippen molar-refractivity contribution in [1.29, 1.82) is 0 Å². The van der Waals surface area contributed by atoms with Crippen molar-refractivity contribution in [1.82, 2.24) is 30.4 Å². The molecule has 1 atom stereocenters. The van der Waals surface area contributed by atoms with Crippen molar-refractivity contribution < 1.29 is 28.7 Å². The zero-order chi connectivity index (χ0) is 36.0. The summed E-state index contributed by atoms with van der Waals surface area (Å²) in [7, 11) is 1.87. The minimum atomic E-state index is -1.24. The molecule has 1 aliphatic heterocycles. The predicted molar refractivity (Wildman–Crippen MR) is 185 cm³/mol. The zero-order valence-electron chi connectivity index (χ0n) is 27.8. The number of esters is 1. The lowest BCUT2D eigenvalue weighted by molar-refractivity contribution is -0.137. The van der Waals surface area contributed by atoms with Crippen molar-refractivity contribution in [3.8, 4) is 5.69 Å². The van der Waals surface area contributed by atoms with Crippen molar-refractivity contribution in [2.75, 3.05) is 42.2 Å². The predicted octanol–water partition coefficient (Wildman–Crippen LogP) is 2.85. The van der Waals surface area contributed by atoms with Gasteiger partial charge in [0.1, 0.15) is 18.0 Å². The quantitative estimate of drug-likeness (QED) is 0.173. The number of ether oxygens (including phenoxy) is 1. The van der Waals surface area contributed by atoms with Crippen molar-refractivity contribution in [2.45, 2.75) is 38.8 Å². The maximum absolute atomic E-state index is 13.7. The van der Waals surface area contributed by atoms with Crippen molar-refractivity contribution in [3.05, 3.63) is 89.2 Å². The molecule has 260 valence electrons. The summed E-state index contributed by atoms with van der Waals surface area (Å²) in [6.45, 7) is 6.74. The van der Waals surface area contributed by atoms with Gasteiger partial charge in [-0.2, -0.15) is 4.68 Å². The first-order valence-corrected chi connectivity index (χ1v) is 16.0. The number of carbonyl (C=O) groups excluding carboxylic acids is 5. The molecular weight excluding hydrogens is 666 g/mol. The number of carbonyl (C=O) groups is 5. The summed E-state index contributed by atoms with van der Waals surface area (Å²) in [5.74, 6) is -3.38. The van der Waals surface area contributed by atoms with Crippen LogP contribution in [0.1, 0.15) is 36.7 Å². The number of rotatable bonds is 9. The first kappa shape index (κ1) is 35.6. The number of benzene rings is 3. The van der Waals surface area contributed by atoms with Crippen LogP contribution in [0.25, 0.3) is 5.69 Å². The zero-order valence-corrected chi connectivity index (χ0v) is 28.6. The molecule has 15 nitrogen and oxygen atoms in total. The molecule has 4 aromatic rings. The SMILES string of the molecule is CN1CCN(c2cccc(C[C@H](NC(=O)C(=O)Nc3cc(Cl)ccc3-n3cnnn3)C(=O)Nc3ccc(C(=O)OC(C)(C)C)cc3)c2)C(=O)C1. The number of halogens is 1. The number of hydrogen-bond donors (Lipinski definition) is 3. The molecule has 16 heteroatoms. The molecule has 1 aliphatic rings. The lowest BCUT2D eigenvalue weighted by atomic mass is 10.0. The van der Waals surface area contributed by atoms with Crippen LogP contribution in [0, 0.1) is 0 Å². The Morgan fingerprint density at radius 2 is 1.72 bits per heavy atom. The number of hydrogen-bond acceptors (Lipinski definition) is 10. The van der Waals surface area contributed by atoms with Crippen LogP contribution in [0.3, 0.4) is 0 Å². The standard InChI is InChI=1S/C34H36ClN9O6/c1-34(2,3)50-33(49)22-8-11-24(12-9-22)37-30(46)27(17-21-6-5-7-25(16-21)43-15-14-42(4)19-29(43)45)39-32(48)31(47)38-26-18-23(35)10-13-28(26)44-20-36-40-41-44/h5-13,16,18,20,27H,14-15,17,19H2,1-4H3,(H,37,46)(H,38,47)(H,39,48)/t27-/m0/s1. The number of nitrogens with zero attached hydrogens (tertiary/aromatic N) is 6.